The van der Waals surface area contributed by atoms with Gasteiger partial charge in [0.15, 0.2) is 0 Å². The molecule has 0 aromatic heterocycles. The van der Waals surface area contributed by atoms with Crippen molar-refractivity contribution < 1.29 is 34.9 Å². The Labute approximate surface area is 66.4 Å². The summed E-state index contributed by atoms with van der Waals surface area (Å²) in [6.45, 7) is 0. The van der Waals surface area contributed by atoms with Crippen LogP contribution >= 0.6 is 19.4 Å². The van der Waals surface area contributed by atoms with Gasteiger partial charge in [-0.05, 0) is 0 Å². The monoisotopic (exact) mass is 224 g/mol. The number of rotatable bonds is 0. The van der Waals surface area contributed by atoms with Crippen LogP contribution in [0.2, 0.25) is 0 Å². The summed E-state index contributed by atoms with van der Waals surface area (Å²) in [5.41, 5.74) is 0. The van der Waals surface area contributed by atoms with Crippen LogP contribution in [0.5, 0.6) is 0 Å². The maximum atomic E-state index is 9.10. The van der Waals surface area contributed by atoms with Gasteiger partial charge < -0.3 is 10.2 Å². The Hall–Kier alpha value is 0.143. The first-order valence-corrected chi connectivity index (χ1v) is 9.44. The van der Waals surface area contributed by atoms with Crippen LogP contribution in [0.25, 0.3) is 0 Å². The van der Waals surface area contributed by atoms with Gasteiger partial charge in [0.25, 0.3) is 0 Å². The second-order valence-electron chi connectivity index (χ2n) is 0.711. The van der Waals surface area contributed by atoms with Gasteiger partial charge in [0, 0.05) is 0 Å². The molecule has 0 aromatic carbocycles. The van der Waals surface area contributed by atoms with E-state index >= 15 is 0 Å². The molecule has 0 aliphatic heterocycles. The number of hydrogen-bond acceptors (Lipinski definition) is 2. The molecule has 0 saturated carbocycles. The average molecular weight is 226 g/mol. The summed E-state index contributed by atoms with van der Waals surface area (Å²) in [6.07, 6.45) is 0. The Morgan fingerprint density at radius 2 is 1.22 bits per heavy atom. The third-order valence-electron chi connectivity index (χ3n) is 0.183. The van der Waals surface area contributed by atoms with Crippen LogP contribution in [0, 0.1) is 0 Å². The van der Waals surface area contributed by atoms with Crippen LogP contribution in [0.1, 0.15) is 0 Å². The molecule has 0 aliphatic carbocycles. The van der Waals surface area contributed by atoms with E-state index in [0.717, 1.165) is 0 Å². The molecule has 50 valence electrons. The van der Waals surface area contributed by atoms with E-state index in [9.17, 15) is 0 Å². The summed E-state index contributed by atoms with van der Waals surface area (Å²) >= 11 is -0.931. The predicted octanol–water partition coefficient (Wildman–Crippen LogP) is 0.532. The van der Waals surface area contributed by atoms with Gasteiger partial charge in [-0.1, -0.05) is 0 Å². The molecule has 0 aliphatic rings. The molecule has 0 saturated heterocycles. The standard InChI is InChI=1S/C2H2O4.2ClH.Zn/c3-1(4)2(5)6;;;/h(H,3,4)(H,5,6);2*1H;/q;;;+2/p-2. The summed E-state index contributed by atoms with van der Waals surface area (Å²) in [5, 5.41) is 14.8. The van der Waals surface area contributed by atoms with Crippen LogP contribution in [-0.4, -0.2) is 22.2 Å². The molecule has 0 bridgehead atoms. The first kappa shape index (κ1) is 11.9. The topological polar surface area (TPSA) is 74.6 Å². The van der Waals surface area contributed by atoms with E-state index in [-0.39, 0.29) is 0 Å². The van der Waals surface area contributed by atoms with Gasteiger partial charge >= 0.3 is 46.5 Å². The van der Waals surface area contributed by atoms with Crippen LogP contribution in [-0.2, 0) is 24.7 Å². The fraction of sp³-hybridized carbons (Fsp3) is 0. The third kappa shape index (κ3) is 17.9. The van der Waals surface area contributed by atoms with Crippen molar-refractivity contribution in [2.75, 3.05) is 0 Å². The van der Waals surface area contributed by atoms with Gasteiger partial charge in [0.1, 0.15) is 0 Å². The Balaban J connectivity index is 0. The summed E-state index contributed by atoms with van der Waals surface area (Å²) in [6, 6.07) is 0. The molecule has 0 radical (unpaired) electrons. The van der Waals surface area contributed by atoms with Crippen molar-refractivity contribution in [3.05, 3.63) is 0 Å². The van der Waals surface area contributed by atoms with E-state index in [2.05, 4.69) is 0 Å². The summed E-state index contributed by atoms with van der Waals surface area (Å²) < 4.78 is 0. The third-order valence-corrected chi connectivity index (χ3v) is 0.183. The molecule has 0 unspecified atom stereocenters. The molecule has 0 spiro atoms. The molecule has 2 N–H and O–H groups in total. The van der Waals surface area contributed by atoms with Gasteiger partial charge in [-0.25, -0.2) is 9.59 Å². The number of halogens is 2. The fourth-order valence-corrected chi connectivity index (χ4v) is 0. The predicted molar refractivity (Wildman–Crippen MR) is 27.0 cm³/mol. The molecule has 0 atom stereocenters. The first-order valence-electron chi connectivity index (χ1n) is 1.64. The van der Waals surface area contributed by atoms with E-state index < -0.39 is 27.1 Å². The van der Waals surface area contributed by atoms with Crippen molar-refractivity contribution in [3.8, 4) is 0 Å². The number of carbonyl (C=O) groups is 2. The molecule has 0 rings (SSSR count). The van der Waals surface area contributed by atoms with Crippen molar-refractivity contribution in [1.82, 2.24) is 0 Å². The first-order chi connectivity index (χ1) is 4.06. The Kier molecular flexibility index (Phi) is 10.8. The SMILES string of the molecule is O=C(O)C(=O)O.[Cl][Zn][Cl]. The van der Waals surface area contributed by atoms with Gasteiger partial charge in [-0.2, -0.15) is 0 Å². The van der Waals surface area contributed by atoms with Crippen LogP contribution in [0.3, 0.4) is 0 Å². The van der Waals surface area contributed by atoms with Crippen LogP contribution in [0.15, 0.2) is 0 Å². The Morgan fingerprint density at radius 3 is 1.22 bits per heavy atom. The molecule has 4 nitrogen and oxygen atoms in total. The van der Waals surface area contributed by atoms with E-state index in [1.807, 2.05) is 0 Å². The van der Waals surface area contributed by atoms with Crippen molar-refractivity contribution in [3.63, 3.8) is 0 Å². The number of carboxylic acids is 2. The van der Waals surface area contributed by atoms with E-state index in [1.165, 1.54) is 0 Å². The molecule has 0 amide bonds. The van der Waals surface area contributed by atoms with Gasteiger partial charge in [0.05, 0.1) is 0 Å². The molecule has 9 heavy (non-hydrogen) atoms. The quantitative estimate of drug-likeness (QED) is 0.467. The van der Waals surface area contributed by atoms with Gasteiger partial charge in [-0.3, -0.25) is 0 Å². The Bertz CT molecular complexity index is 92.7. The normalized spacial score (nSPS) is 6.00. The zero-order valence-corrected chi connectivity index (χ0v) is 8.65. The minimum absolute atomic E-state index is 0.931. The van der Waals surface area contributed by atoms with E-state index in [0.29, 0.717) is 0 Å². The summed E-state index contributed by atoms with van der Waals surface area (Å²) in [7, 11) is 9.90. The molecular weight excluding hydrogens is 224 g/mol. The number of aliphatic carboxylic acids is 2. The fourth-order valence-electron chi connectivity index (χ4n) is 0. The average Bonchev–Trinajstić information content (AvgIpc) is 1.68. The van der Waals surface area contributed by atoms with Crippen LogP contribution < -0.4 is 0 Å². The summed E-state index contributed by atoms with van der Waals surface area (Å²) in [4.78, 5) is 18.2. The molecule has 7 heteroatoms. The maximum absolute atomic E-state index is 9.10. The zero-order chi connectivity index (χ0) is 7.86. The molecule has 0 aromatic rings. The van der Waals surface area contributed by atoms with Crippen LogP contribution in [0.4, 0.5) is 0 Å². The van der Waals surface area contributed by atoms with Crippen molar-refractivity contribution >= 4 is 31.3 Å². The van der Waals surface area contributed by atoms with Crippen molar-refractivity contribution in [1.29, 1.82) is 0 Å². The molecule has 0 heterocycles. The number of hydrogen-bond donors (Lipinski definition) is 2. The zero-order valence-electron chi connectivity index (χ0n) is 4.17. The second-order valence-corrected chi connectivity index (χ2v) is 5.33. The molecule has 0 fully saturated rings. The number of carboxylic acid groups (broad SMARTS) is 2. The Morgan fingerprint density at radius 1 is 1.11 bits per heavy atom. The molecular formula is C2H2Cl2O4Zn. The van der Waals surface area contributed by atoms with E-state index in [1.54, 1.807) is 0 Å². The van der Waals surface area contributed by atoms with Crippen molar-refractivity contribution in [2.45, 2.75) is 0 Å². The van der Waals surface area contributed by atoms with Crippen molar-refractivity contribution in [2.24, 2.45) is 0 Å². The minimum atomic E-state index is -1.82. The van der Waals surface area contributed by atoms with Gasteiger partial charge in [-0.15, -0.1) is 0 Å². The van der Waals surface area contributed by atoms with E-state index in [4.69, 9.17) is 39.2 Å². The second kappa shape index (κ2) is 8.14. The summed E-state index contributed by atoms with van der Waals surface area (Å²) in [5.74, 6) is -3.65. The van der Waals surface area contributed by atoms with Gasteiger partial charge in [0.2, 0.25) is 0 Å².